The number of halogens is 2. The van der Waals surface area contributed by atoms with Crippen LogP contribution in [0.5, 0.6) is 0 Å². The van der Waals surface area contributed by atoms with E-state index in [9.17, 15) is 0 Å². The van der Waals surface area contributed by atoms with Gasteiger partial charge in [0, 0.05) is 10.7 Å². The molecule has 0 amide bonds. The molecular weight excluding hydrogens is 291 g/mol. The van der Waals surface area contributed by atoms with Gasteiger partial charge in [-0.2, -0.15) is 0 Å². The molecule has 0 atom stereocenters. The van der Waals surface area contributed by atoms with Gasteiger partial charge in [0.25, 0.3) is 0 Å². The van der Waals surface area contributed by atoms with Crippen LogP contribution in [0, 0.1) is 0 Å². The fourth-order valence-electron chi connectivity index (χ4n) is 1.60. The van der Waals surface area contributed by atoms with Gasteiger partial charge in [-0.15, -0.1) is 0 Å². The highest BCUT2D eigenvalue weighted by Crippen LogP contribution is 2.27. The normalized spacial score (nSPS) is 11.1. The summed E-state index contributed by atoms with van der Waals surface area (Å²) in [6.45, 7) is 0. The van der Waals surface area contributed by atoms with E-state index in [4.69, 9.17) is 16.0 Å². The van der Waals surface area contributed by atoms with Crippen molar-refractivity contribution in [3.8, 4) is 11.6 Å². The second-order valence-electron chi connectivity index (χ2n) is 3.30. The van der Waals surface area contributed by atoms with E-state index in [-0.39, 0.29) is 0 Å². The van der Waals surface area contributed by atoms with Crippen molar-refractivity contribution in [2.75, 3.05) is 0 Å². The van der Waals surface area contributed by atoms with Crippen molar-refractivity contribution in [2.45, 2.75) is 0 Å². The van der Waals surface area contributed by atoms with Gasteiger partial charge in [0.15, 0.2) is 16.8 Å². The fourth-order valence-corrected chi connectivity index (χ4v) is 2.20. The van der Waals surface area contributed by atoms with Gasteiger partial charge in [0.2, 0.25) is 0 Å². The van der Waals surface area contributed by atoms with Crippen molar-refractivity contribution in [1.29, 1.82) is 0 Å². The summed E-state index contributed by atoms with van der Waals surface area (Å²) in [7, 11) is 0. The molecule has 0 N–H and O–H groups in total. The molecule has 0 fully saturated rings. The standard InChI is InChI=1S/C11H6BrClN2O/c12-7-2-1-5-15-8(7)6-14-11(15)9-3-4-10(13)16-9/h1-6H. The minimum atomic E-state index is 0.363. The van der Waals surface area contributed by atoms with Gasteiger partial charge < -0.3 is 4.42 Å². The monoisotopic (exact) mass is 296 g/mol. The summed E-state index contributed by atoms with van der Waals surface area (Å²) in [5, 5.41) is 0.363. The van der Waals surface area contributed by atoms with Crippen molar-refractivity contribution in [1.82, 2.24) is 9.38 Å². The Hall–Kier alpha value is -1.26. The van der Waals surface area contributed by atoms with E-state index in [1.807, 2.05) is 22.7 Å². The minimum absolute atomic E-state index is 0.363. The van der Waals surface area contributed by atoms with Gasteiger partial charge in [-0.25, -0.2) is 4.98 Å². The van der Waals surface area contributed by atoms with Crippen LogP contribution in [0.1, 0.15) is 0 Å². The average molecular weight is 298 g/mol. The number of pyridine rings is 1. The third-order valence-corrected chi connectivity index (χ3v) is 3.19. The maximum Gasteiger partial charge on any atom is 0.194 e. The number of nitrogens with zero attached hydrogens (tertiary/aromatic N) is 2. The smallest absolute Gasteiger partial charge is 0.194 e. The maximum absolute atomic E-state index is 5.75. The fraction of sp³-hybridized carbons (Fsp3) is 0. The topological polar surface area (TPSA) is 30.4 Å². The van der Waals surface area contributed by atoms with Gasteiger partial charge in [0.1, 0.15) is 0 Å². The second kappa shape index (κ2) is 3.64. The third-order valence-electron chi connectivity index (χ3n) is 2.31. The summed E-state index contributed by atoms with van der Waals surface area (Å²) in [6.07, 6.45) is 3.72. The summed E-state index contributed by atoms with van der Waals surface area (Å²) in [4.78, 5) is 4.32. The molecule has 0 aliphatic heterocycles. The molecule has 0 spiro atoms. The molecule has 5 heteroatoms. The summed E-state index contributed by atoms with van der Waals surface area (Å²) in [5.41, 5.74) is 0.991. The van der Waals surface area contributed by atoms with Crippen molar-refractivity contribution < 1.29 is 4.42 Å². The van der Waals surface area contributed by atoms with Crippen molar-refractivity contribution >= 4 is 33.0 Å². The Balaban J connectivity index is 2.29. The van der Waals surface area contributed by atoms with Crippen molar-refractivity contribution in [3.05, 3.63) is 46.4 Å². The van der Waals surface area contributed by atoms with Crippen LogP contribution in [-0.4, -0.2) is 9.38 Å². The first-order valence-electron chi connectivity index (χ1n) is 4.63. The Morgan fingerprint density at radius 1 is 1.31 bits per heavy atom. The number of fused-ring (bicyclic) bond motifs is 1. The number of hydrogen-bond donors (Lipinski definition) is 0. The predicted octanol–water partition coefficient (Wildman–Crippen LogP) is 4.01. The van der Waals surface area contributed by atoms with E-state index >= 15 is 0 Å². The molecule has 0 aromatic carbocycles. The second-order valence-corrected chi connectivity index (χ2v) is 4.52. The number of imidazole rings is 1. The van der Waals surface area contributed by atoms with Crippen LogP contribution in [0.25, 0.3) is 17.1 Å². The number of furan rings is 1. The van der Waals surface area contributed by atoms with Crippen molar-refractivity contribution in [3.63, 3.8) is 0 Å². The summed E-state index contributed by atoms with van der Waals surface area (Å²) in [6, 6.07) is 7.41. The minimum Gasteiger partial charge on any atom is -0.441 e. The zero-order valence-electron chi connectivity index (χ0n) is 8.02. The number of rotatable bonds is 1. The van der Waals surface area contributed by atoms with Crippen LogP contribution >= 0.6 is 27.5 Å². The molecule has 3 aromatic rings. The first-order chi connectivity index (χ1) is 7.75. The summed E-state index contributed by atoms with van der Waals surface area (Å²) in [5.74, 6) is 1.39. The number of aromatic nitrogens is 2. The van der Waals surface area contributed by atoms with Gasteiger partial charge in [-0.1, -0.05) is 0 Å². The molecule has 0 aliphatic rings. The molecule has 0 radical (unpaired) electrons. The van der Waals surface area contributed by atoms with E-state index in [2.05, 4.69) is 20.9 Å². The molecular formula is C11H6BrClN2O. The Bertz CT molecular complexity index is 659. The number of hydrogen-bond acceptors (Lipinski definition) is 2. The third kappa shape index (κ3) is 1.45. The van der Waals surface area contributed by atoms with E-state index in [0.717, 1.165) is 15.8 Å². The molecule has 3 heterocycles. The predicted molar refractivity (Wildman–Crippen MR) is 65.6 cm³/mol. The van der Waals surface area contributed by atoms with Crippen LogP contribution < -0.4 is 0 Å². The molecule has 0 unspecified atom stereocenters. The molecule has 0 bridgehead atoms. The van der Waals surface area contributed by atoms with Crippen LogP contribution in [0.15, 0.2) is 45.5 Å². The highest BCUT2D eigenvalue weighted by Gasteiger charge is 2.11. The summed E-state index contributed by atoms with van der Waals surface area (Å²) >= 11 is 9.22. The molecule has 3 rings (SSSR count). The summed E-state index contributed by atoms with van der Waals surface area (Å²) < 4.78 is 8.28. The maximum atomic E-state index is 5.75. The largest absolute Gasteiger partial charge is 0.441 e. The molecule has 3 aromatic heterocycles. The first-order valence-corrected chi connectivity index (χ1v) is 5.80. The van der Waals surface area contributed by atoms with Gasteiger partial charge in [-0.3, -0.25) is 4.40 Å². The van der Waals surface area contributed by atoms with Crippen LogP contribution in [0.4, 0.5) is 0 Å². The lowest BCUT2D eigenvalue weighted by atomic mass is 10.4. The van der Waals surface area contributed by atoms with Gasteiger partial charge >= 0.3 is 0 Å². The molecule has 16 heavy (non-hydrogen) atoms. The highest BCUT2D eigenvalue weighted by atomic mass is 79.9. The molecule has 0 aliphatic carbocycles. The Morgan fingerprint density at radius 3 is 2.94 bits per heavy atom. The lowest BCUT2D eigenvalue weighted by Gasteiger charge is -1.98. The van der Waals surface area contributed by atoms with Gasteiger partial charge in [0.05, 0.1) is 11.7 Å². The Kier molecular flexibility index (Phi) is 2.26. The van der Waals surface area contributed by atoms with E-state index < -0.39 is 0 Å². The first kappa shape index (κ1) is 9.93. The van der Waals surface area contributed by atoms with Crippen LogP contribution in [0.3, 0.4) is 0 Å². The zero-order valence-corrected chi connectivity index (χ0v) is 10.4. The lowest BCUT2D eigenvalue weighted by Crippen LogP contribution is -1.87. The van der Waals surface area contributed by atoms with Crippen LogP contribution in [-0.2, 0) is 0 Å². The highest BCUT2D eigenvalue weighted by molar-refractivity contribution is 9.10. The average Bonchev–Trinajstić information content (AvgIpc) is 2.84. The molecule has 3 nitrogen and oxygen atoms in total. The Morgan fingerprint density at radius 2 is 2.19 bits per heavy atom. The quantitative estimate of drug-likeness (QED) is 0.679. The van der Waals surface area contributed by atoms with Crippen molar-refractivity contribution in [2.24, 2.45) is 0 Å². The van der Waals surface area contributed by atoms with Gasteiger partial charge in [-0.05, 0) is 51.8 Å². The van der Waals surface area contributed by atoms with E-state index in [1.54, 1.807) is 18.3 Å². The van der Waals surface area contributed by atoms with Crippen LogP contribution in [0.2, 0.25) is 5.22 Å². The lowest BCUT2D eigenvalue weighted by molar-refractivity contribution is 0.579. The molecule has 80 valence electrons. The SMILES string of the molecule is Clc1ccc(-c2ncc3c(Br)cccn23)o1. The molecule has 0 saturated heterocycles. The zero-order chi connectivity index (χ0) is 11.1. The molecule has 0 saturated carbocycles. The van der Waals surface area contributed by atoms with E-state index in [1.165, 1.54) is 0 Å². The van der Waals surface area contributed by atoms with E-state index in [0.29, 0.717) is 11.0 Å². The Labute approximate surface area is 105 Å².